The third-order valence-electron chi connectivity index (χ3n) is 1.39. The van der Waals surface area contributed by atoms with Gasteiger partial charge in [-0.15, -0.1) is 0 Å². The fraction of sp³-hybridized carbons (Fsp3) is 0.750. The van der Waals surface area contributed by atoms with E-state index < -0.39 is 17.9 Å². The van der Waals surface area contributed by atoms with Crippen molar-refractivity contribution in [3.63, 3.8) is 0 Å². The molecule has 7 heteroatoms. The van der Waals surface area contributed by atoms with Crippen LogP contribution in [0.25, 0.3) is 0 Å². The van der Waals surface area contributed by atoms with Gasteiger partial charge in [0.15, 0.2) is 0 Å². The topological polar surface area (TPSA) is 112 Å². The largest absolute Gasteiger partial charge is 0.481 e. The average molecular weight is 356 g/mol. The molecule has 0 fully saturated rings. The Morgan fingerprint density at radius 2 is 0.789 bits per heavy atom. The third kappa shape index (κ3) is 58.8. The van der Waals surface area contributed by atoms with E-state index in [0.29, 0.717) is 19.3 Å². The zero-order chi connectivity index (χ0) is 15.0. The molecule has 0 aromatic carbocycles. The minimum Gasteiger partial charge on any atom is -0.481 e. The fourth-order valence-electron chi connectivity index (χ4n) is 0.642. The van der Waals surface area contributed by atoms with Gasteiger partial charge >= 0.3 is 17.9 Å². The van der Waals surface area contributed by atoms with Crippen LogP contribution in [0.1, 0.15) is 59.3 Å². The maximum Gasteiger partial charge on any atom is 0.303 e. The molecule has 0 saturated heterocycles. The molecular weight excluding hydrogens is 331 g/mol. The van der Waals surface area contributed by atoms with Crippen molar-refractivity contribution in [2.45, 2.75) is 59.3 Å². The second-order valence-corrected chi connectivity index (χ2v) is 3.43. The van der Waals surface area contributed by atoms with E-state index >= 15 is 0 Å². The van der Waals surface area contributed by atoms with Gasteiger partial charge < -0.3 is 15.3 Å². The number of rotatable bonds is 6. The Bertz CT molecular complexity index is 192. The summed E-state index contributed by atoms with van der Waals surface area (Å²) in [4.78, 5) is 28.8. The molecule has 0 atom stereocenters. The van der Waals surface area contributed by atoms with E-state index in [1.165, 1.54) is 0 Å². The van der Waals surface area contributed by atoms with E-state index in [1.54, 1.807) is 0 Å². The third-order valence-corrected chi connectivity index (χ3v) is 1.39. The Morgan fingerprint density at radius 1 is 0.632 bits per heavy atom. The molecule has 19 heavy (non-hydrogen) atoms. The zero-order valence-corrected chi connectivity index (χ0v) is 14.3. The summed E-state index contributed by atoms with van der Waals surface area (Å²) in [7, 11) is 0. The van der Waals surface area contributed by atoms with Crippen LogP contribution >= 0.6 is 0 Å². The molecule has 0 aromatic heterocycles. The summed E-state index contributed by atoms with van der Waals surface area (Å²) in [5.41, 5.74) is 0. The number of carboxylic acids is 3. The van der Waals surface area contributed by atoms with Gasteiger partial charge in [-0.05, 0) is 19.3 Å². The van der Waals surface area contributed by atoms with Crippen LogP contribution in [0, 0.1) is 0 Å². The molecule has 3 N–H and O–H groups in total. The van der Waals surface area contributed by atoms with Crippen LogP contribution in [0.2, 0.25) is 0 Å². The first-order valence-electron chi connectivity index (χ1n) is 5.97. The van der Waals surface area contributed by atoms with Crippen LogP contribution < -0.4 is 0 Å². The van der Waals surface area contributed by atoms with Gasteiger partial charge in [-0.2, -0.15) is 0 Å². The van der Waals surface area contributed by atoms with Gasteiger partial charge in [-0.3, -0.25) is 14.4 Å². The molecule has 0 saturated carbocycles. The van der Waals surface area contributed by atoms with E-state index in [1.807, 2.05) is 20.8 Å². The SMILES string of the molecule is CCCC(=O)O.CCCC(=O)O.CCCC(=O)O.[Zr]. The van der Waals surface area contributed by atoms with Crippen molar-refractivity contribution in [2.75, 3.05) is 0 Å². The first-order valence-corrected chi connectivity index (χ1v) is 5.97. The number of hydrogen-bond acceptors (Lipinski definition) is 3. The summed E-state index contributed by atoms with van der Waals surface area (Å²) >= 11 is 0. The van der Waals surface area contributed by atoms with Crippen molar-refractivity contribution in [3.05, 3.63) is 0 Å². The maximum atomic E-state index is 9.60. The molecule has 0 rings (SSSR count). The fourth-order valence-corrected chi connectivity index (χ4v) is 0.642. The van der Waals surface area contributed by atoms with Gasteiger partial charge in [0.25, 0.3) is 0 Å². The number of carbonyl (C=O) groups is 3. The Morgan fingerprint density at radius 3 is 0.789 bits per heavy atom. The van der Waals surface area contributed by atoms with Crippen molar-refractivity contribution >= 4 is 17.9 Å². The molecule has 0 spiro atoms. The van der Waals surface area contributed by atoms with Crippen LogP contribution in [-0.4, -0.2) is 33.2 Å². The Labute approximate surface area is 133 Å². The van der Waals surface area contributed by atoms with Gasteiger partial charge in [-0.25, -0.2) is 0 Å². The van der Waals surface area contributed by atoms with E-state index in [2.05, 4.69) is 0 Å². The summed E-state index contributed by atoms with van der Waals surface area (Å²) in [6, 6.07) is 0. The zero-order valence-electron chi connectivity index (χ0n) is 11.8. The Hall–Kier alpha value is -0.707. The summed E-state index contributed by atoms with van der Waals surface area (Å²) in [5.74, 6) is -2.13. The van der Waals surface area contributed by atoms with Crippen molar-refractivity contribution in [1.82, 2.24) is 0 Å². The molecule has 0 radical (unpaired) electrons. The van der Waals surface area contributed by atoms with E-state index in [0.717, 1.165) is 19.3 Å². The number of hydrogen-bond donors (Lipinski definition) is 3. The van der Waals surface area contributed by atoms with Crippen LogP contribution in [0.3, 0.4) is 0 Å². The summed E-state index contributed by atoms with van der Waals surface area (Å²) in [5, 5.41) is 23.7. The Balaban J connectivity index is -0.0000000865. The van der Waals surface area contributed by atoms with E-state index in [-0.39, 0.29) is 26.2 Å². The monoisotopic (exact) mass is 354 g/mol. The van der Waals surface area contributed by atoms with Gasteiger partial charge in [0.1, 0.15) is 0 Å². The van der Waals surface area contributed by atoms with Gasteiger partial charge in [0.2, 0.25) is 0 Å². The molecule has 0 amide bonds. The molecular formula is C12H24O6Zr. The molecule has 112 valence electrons. The molecule has 0 heterocycles. The first kappa shape index (κ1) is 26.8. The van der Waals surface area contributed by atoms with Crippen LogP contribution in [-0.2, 0) is 40.6 Å². The van der Waals surface area contributed by atoms with Crippen LogP contribution in [0.15, 0.2) is 0 Å². The second kappa shape index (κ2) is 22.5. The molecule has 0 aliphatic heterocycles. The summed E-state index contributed by atoms with van der Waals surface area (Å²) < 4.78 is 0. The number of aliphatic carboxylic acids is 3. The molecule has 0 aromatic rings. The molecule has 0 aliphatic rings. The average Bonchev–Trinajstić information content (AvgIpc) is 2.18. The van der Waals surface area contributed by atoms with Crippen molar-refractivity contribution in [1.29, 1.82) is 0 Å². The standard InChI is InChI=1S/3C4H8O2.Zr/c3*1-2-3-4(5)6;/h3*2-3H2,1H3,(H,5,6);. The maximum absolute atomic E-state index is 9.60. The normalized spacial score (nSPS) is 7.74. The van der Waals surface area contributed by atoms with Crippen molar-refractivity contribution < 1.29 is 55.9 Å². The quantitative estimate of drug-likeness (QED) is 0.675. The van der Waals surface area contributed by atoms with Crippen molar-refractivity contribution in [2.24, 2.45) is 0 Å². The number of carboxylic acid groups (broad SMARTS) is 3. The molecule has 0 aliphatic carbocycles. The van der Waals surface area contributed by atoms with Gasteiger partial charge in [0, 0.05) is 45.5 Å². The smallest absolute Gasteiger partial charge is 0.303 e. The van der Waals surface area contributed by atoms with E-state index in [9.17, 15) is 14.4 Å². The minimum absolute atomic E-state index is 0. The van der Waals surface area contributed by atoms with Gasteiger partial charge in [0.05, 0.1) is 0 Å². The summed E-state index contributed by atoms with van der Waals surface area (Å²) in [6.45, 7) is 5.52. The molecule has 0 bridgehead atoms. The second-order valence-electron chi connectivity index (χ2n) is 3.43. The predicted octanol–water partition coefficient (Wildman–Crippen LogP) is 2.61. The first-order chi connectivity index (χ1) is 8.31. The molecule has 0 unspecified atom stereocenters. The predicted molar refractivity (Wildman–Crippen MR) is 67.6 cm³/mol. The minimum atomic E-state index is -0.711. The van der Waals surface area contributed by atoms with E-state index in [4.69, 9.17) is 15.3 Å². The van der Waals surface area contributed by atoms with Crippen LogP contribution in [0.5, 0.6) is 0 Å². The Kier molecular flexibility index (Phi) is 31.7. The van der Waals surface area contributed by atoms with Crippen LogP contribution in [0.4, 0.5) is 0 Å². The molecule has 6 nitrogen and oxygen atoms in total. The summed E-state index contributed by atoms with van der Waals surface area (Å²) in [6.07, 6.45) is 3.07. The van der Waals surface area contributed by atoms with Gasteiger partial charge in [-0.1, -0.05) is 20.8 Å². The van der Waals surface area contributed by atoms with Crippen molar-refractivity contribution in [3.8, 4) is 0 Å².